The molecule has 11 heteroatoms. The molecular weight excluding hydrogens is 1550 g/mol. The van der Waals surface area contributed by atoms with E-state index in [0.717, 1.165) is 126 Å². The van der Waals surface area contributed by atoms with Crippen LogP contribution in [-0.4, -0.2) is 39.9 Å². The molecule has 7 heterocycles. The van der Waals surface area contributed by atoms with Crippen molar-refractivity contribution in [2.24, 2.45) is 0 Å². The molecule has 0 unspecified atom stereocenters. The van der Waals surface area contributed by atoms with Gasteiger partial charge in [-0.05, 0) is 97.6 Å². The van der Waals surface area contributed by atoms with Gasteiger partial charge in [-0.25, -0.2) is 39.9 Å². The van der Waals surface area contributed by atoms with Crippen molar-refractivity contribution in [3.05, 3.63) is 437 Å². The van der Waals surface area contributed by atoms with Crippen LogP contribution in [0, 0.1) is 0 Å². The quantitative estimate of drug-likeness (QED) is 0.106. The van der Waals surface area contributed by atoms with Crippen LogP contribution in [0.3, 0.4) is 0 Å². The number of hydrogen-bond acceptors (Lipinski definition) is 11. The average Bonchev–Trinajstić information content (AvgIpc) is 1.61. The maximum absolute atomic E-state index is 5.17. The maximum Gasteiger partial charge on any atom is 0.161 e. The van der Waals surface area contributed by atoms with Crippen LogP contribution in [-0.2, 0) is 0 Å². The Kier molecular flexibility index (Phi) is 20.6. The van der Waals surface area contributed by atoms with E-state index in [1.807, 2.05) is 79.0 Å². The zero-order valence-electron chi connectivity index (χ0n) is 66.4. The minimum Gasteiger partial charge on any atom is -0.236 e. The SMILES string of the molecule is c1ccc(-c2cc(-c3ccccc3)cc(-c3ccc(-c4nc(-c5ccccc5)c5c(n4)sc4ccccc45)cc3)c2)cc1.c1ccc(-c2ccc(-c3ccc(-c4nc(-c5ccccc5)c5c(n4)sc4ccccc45)cc3)cc2)cc1.c1ccc(-c2ncc(-c3ccc(-c4nc(-c5ccccc5)c5c(n4)sc4ccccc45)cc3)c(-c3ccccc3)n2)cc1. The van der Waals surface area contributed by atoms with Crippen molar-refractivity contribution in [2.75, 3.05) is 0 Å². The molecule has 0 N–H and O–H groups in total. The number of rotatable bonds is 14. The molecule has 0 amide bonds. The highest BCUT2D eigenvalue weighted by atomic mass is 32.1. The molecule has 0 radical (unpaired) electrons. The van der Waals surface area contributed by atoms with Crippen molar-refractivity contribution in [1.29, 1.82) is 0 Å². The minimum atomic E-state index is 0.707. The molecule has 0 aliphatic rings. The summed E-state index contributed by atoms with van der Waals surface area (Å²) in [7, 11) is 0. The summed E-state index contributed by atoms with van der Waals surface area (Å²) in [5.74, 6) is 2.91. The lowest BCUT2D eigenvalue weighted by Gasteiger charge is -2.12. The first-order chi connectivity index (χ1) is 60.9. The van der Waals surface area contributed by atoms with Crippen molar-refractivity contribution < 1.29 is 0 Å². The Hall–Kier alpha value is -15.5. The molecule has 0 atom stereocenters. The van der Waals surface area contributed by atoms with E-state index in [1.165, 1.54) is 80.3 Å². The fourth-order valence-electron chi connectivity index (χ4n) is 16.1. The first-order valence-electron chi connectivity index (χ1n) is 40.9. The van der Waals surface area contributed by atoms with Crippen LogP contribution >= 0.6 is 34.0 Å². The van der Waals surface area contributed by atoms with Gasteiger partial charge in [0.1, 0.15) is 14.5 Å². The highest BCUT2D eigenvalue weighted by Gasteiger charge is 2.23. The van der Waals surface area contributed by atoms with Crippen LogP contribution < -0.4 is 0 Å². The van der Waals surface area contributed by atoms with Crippen molar-refractivity contribution in [2.45, 2.75) is 0 Å². The van der Waals surface area contributed by atoms with Crippen LogP contribution in [0.25, 0.3) is 218 Å². The number of thiophene rings is 3. The van der Waals surface area contributed by atoms with Gasteiger partial charge in [0.15, 0.2) is 23.3 Å². The first kappa shape index (κ1) is 75.0. The molecule has 0 spiro atoms. The molecule has 578 valence electrons. The van der Waals surface area contributed by atoms with Gasteiger partial charge in [0.2, 0.25) is 0 Å². The van der Waals surface area contributed by atoms with Crippen LogP contribution in [0.1, 0.15) is 0 Å². The Bertz CT molecular complexity index is 7660. The molecule has 0 bridgehead atoms. The lowest BCUT2D eigenvalue weighted by Crippen LogP contribution is -1.96. The lowest BCUT2D eigenvalue weighted by atomic mass is 9.93. The van der Waals surface area contributed by atoms with E-state index in [-0.39, 0.29) is 0 Å². The summed E-state index contributed by atoms with van der Waals surface area (Å²) in [6.45, 7) is 0. The molecule has 123 heavy (non-hydrogen) atoms. The van der Waals surface area contributed by atoms with E-state index in [1.54, 1.807) is 34.0 Å². The third-order valence-electron chi connectivity index (χ3n) is 22.3. The van der Waals surface area contributed by atoms with Crippen molar-refractivity contribution in [3.63, 3.8) is 0 Å². The molecule has 0 saturated carbocycles. The van der Waals surface area contributed by atoms with Gasteiger partial charge in [0, 0.05) is 103 Å². The molecule has 16 aromatic carbocycles. The molecule has 0 aliphatic heterocycles. The second kappa shape index (κ2) is 33.7. The summed E-state index contributed by atoms with van der Waals surface area (Å²) in [5.41, 5.74) is 26.1. The lowest BCUT2D eigenvalue weighted by molar-refractivity contribution is 1.18. The van der Waals surface area contributed by atoms with Gasteiger partial charge in [0.25, 0.3) is 0 Å². The second-order valence-electron chi connectivity index (χ2n) is 30.0. The molecule has 0 aliphatic carbocycles. The summed E-state index contributed by atoms with van der Waals surface area (Å²) in [5, 5.41) is 6.97. The minimum absolute atomic E-state index is 0.707. The van der Waals surface area contributed by atoms with E-state index in [9.17, 15) is 0 Å². The first-order valence-corrected chi connectivity index (χ1v) is 43.4. The van der Waals surface area contributed by atoms with E-state index in [4.69, 9.17) is 39.9 Å². The van der Waals surface area contributed by atoms with Crippen LogP contribution in [0.5, 0.6) is 0 Å². The van der Waals surface area contributed by atoms with Gasteiger partial charge in [-0.1, -0.05) is 394 Å². The second-order valence-corrected chi connectivity index (χ2v) is 33.1. The maximum atomic E-state index is 5.17. The fraction of sp³-hybridized carbons (Fsp3) is 0. The smallest absolute Gasteiger partial charge is 0.161 e. The van der Waals surface area contributed by atoms with Crippen LogP contribution in [0.2, 0.25) is 0 Å². The zero-order valence-corrected chi connectivity index (χ0v) is 68.8. The van der Waals surface area contributed by atoms with Gasteiger partial charge in [0.05, 0.1) is 22.8 Å². The molecule has 23 rings (SSSR count). The van der Waals surface area contributed by atoms with Gasteiger partial charge in [-0.2, -0.15) is 0 Å². The summed E-state index contributed by atoms with van der Waals surface area (Å²) >= 11 is 5.17. The van der Waals surface area contributed by atoms with Crippen LogP contribution in [0.4, 0.5) is 0 Å². The predicted molar refractivity (Wildman–Crippen MR) is 516 cm³/mol. The summed E-state index contributed by atoms with van der Waals surface area (Å²) in [6, 6.07) is 150. The van der Waals surface area contributed by atoms with Crippen molar-refractivity contribution in [1.82, 2.24) is 39.9 Å². The van der Waals surface area contributed by atoms with E-state index >= 15 is 0 Å². The van der Waals surface area contributed by atoms with Crippen molar-refractivity contribution in [3.8, 4) is 157 Å². The molecule has 0 fully saturated rings. The third-order valence-corrected chi connectivity index (χ3v) is 25.5. The average molecular weight is 1630 g/mol. The highest BCUT2D eigenvalue weighted by molar-refractivity contribution is 7.26. The Morgan fingerprint density at radius 3 is 0.675 bits per heavy atom. The normalized spacial score (nSPS) is 11.3. The van der Waals surface area contributed by atoms with E-state index in [2.05, 4.69) is 358 Å². The monoisotopic (exact) mass is 1620 g/mol. The Morgan fingerprint density at radius 2 is 0.366 bits per heavy atom. The number of hydrogen-bond donors (Lipinski definition) is 0. The van der Waals surface area contributed by atoms with Crippen LogP contribution in [0.15, 0.2) is 437 Å². The van der Waals surface area contributed by atoms with Gasteiger partial charge < -0.3 is 0 Å². The summed E-state index contributed by atoms with van der Waals surface area (Å²) in [4.78, 5) is 43.4. The number of benzene rings is 16. The van der Waals surface area contributed by atoms with Gasteiger partial charge >= 0.3 is 0 Å². The molecule has 23 aromatic rings. The van der Waals surface area contributed by atoms with E-state index < -0.39 is 0 Å². The topological polar surface area (TPSA) is 103 Å². The number of nitrogens with zero attached hydrogens (tertiary/aromatic N) is 8. The number of fused-ring (bicyclic) bond motifs is 9. The molecule has 7 aromatic heterocycles. The Balaban J connectivity index is 0.000000114. The van der Waals surface area contributed by atoms with Gasteiger partial charge in [-0.3, -0.25) is 0 Å². The summed E-state index contributed by atoms with van der Waals surface area (Å²) < 4.78 is 3.67. The van der Waals surface area contributed by atoms with Gasteiger partial charge in [-0.15, -0.1) is 34.0 Å². The zero-order chi connectivity index (χ0) is 81.8. The number of aromatic nitrogens is 8. The largest absolute Gasteiger partial charge is 0.236 e. The predicted octanol–water partition coefficient (Wildman–Crippen LogP) is 30.7. The molecule has 8 nitrogen and oxygen atoms in total. The Labute approximate surface area is 723 Å². The molecule has 0 saturated heterocycles. The van der Waals surface area contributed by atoms with E-state index in [0.29, 0.717) is 11.6 Å². The third kappa shape index (κ3) is 15.4. The highest BCUT2D eigenvalue weighted by Crippen LogP contribution is 2.45. The summed E-state index contributed by atoms with van der Waals surface area (Å²) in [6.07, 6.45) is 1.93. The van der Waals surface area contributed by atoms with Crippen molar-refractivity contribution >= 4 is 94.9 Å². The fourth-order valence-corrected chi connectivity index (χ4v) is 19.3. The standard InChI is InChI=1S/C40H26N2S.C38H24N4S.C34H22N2S/c1-4-12-27(13-5-1)32-24-33(28-14-6-2-7-15-28)26-34(25-32)29-20-22-31(23-21-29)39-41-38(30-16-8-3-9-17-30)37-35-18-10-11-19-36(35)43-40(37)42-39;1-4-12-26(13-5-1)34-31(24-39-36(40-34)28-16-8-3-9-17-28)25-20-22-29(23-21-25)37-41-35(27-14-6-2-7-15-27)33-30-18-10-11-19-32(30)43-38(33)42-37;1-3-9-23(10-4-1)24-15-17-25(18-16-24)26-19-21-28(22-20-26)33-35-32(27-11-5-2-6-12-27)31-29-13-7-8-14-30(29)37-34(31)36-33/h1-26H;1-24H;1-22H. The molecular formula is C112H72N8S3. The Morgan fingerprint density at radius 1 is 0.154 bits per heavy atom.